The number of allylic oxidation sites excluding steroid dienone is 2. The molecule has 17 rings (SSSR count). The number of aromatic nitrogens is 3. The van der Waals surface area contributed by atoms with Crippen molar-refractivity contribution < 1.29 is 44.2 Å². The molecule has 2 spiro atoms. The molecule has 2 saturated heterocycles. The molecule has 3 aromatic carbocycles. The van der Waals surface area contributed by atoms with Crippen molar-refractivity contribution in [3.8, 4) is 52.4 Å². The number of hydrogen-bond donors (Lipinski definition) is 11. The summed E-state index contributed by atoms with van der Waals surface area (Å²) in [6.45, 7) is 5.92. The first-order chi connectivity index (χ1) is 49.2. The number of nitrogens with zero attached hydrogens (tertiary/aromatic N) is 3. The molecular formula is C82H96N10O9. The maximum Gasteiger partial charge on any atom is 0.302 e. The van der Waals surface area contributed by atoms with Gasteiger partial charge in [0.2, 0.25) is 5.75 Å². The molecule has 9 heterocycles. The number of aromatic amines is 1. The molecule has 17 atom stereocenters. The Kier molecular flexibility index (Phi) is 17.1. The summed E-state index contributed by atoms with van der Waals surface area (Å²) < 4.78 is 30.0. The summed E-state index contributed by atoms with van der Waals surface area (Å²) >= 11 is 0. The van der Waals surface area contributed by atoms with Gasteiger partial charge in [-0.25, -0.2) is 0 Å². The third-order valence-electron chi connectivity index (χ3n) is 25.9. The minimum Gasteiger partial charge on any atom is -0.504 e. The van der Waals surface area contributed by atoms with Crippen molar-refractivity contribution in [2.24, 2.45) is 56.6 Å². The average molecular weight is 1370 g/mol. The lowest BCUT2D eigenvalue weighted by molar-refractivity contribution is -0.174. The summed E-state index contributed by atoms with van der Waals surface area (Å²) in [5.74, 6) is 15.4. The molecule has 17 unspecified atom stereocenters. The summed E-state index contributed by atoms with van der Waals surface area (Å²) in [6.07, 6.45) is 24.2. The average Bonchev–Trinajstić information content (AvgIpc) is 1.59. The van der Waals surface area contributed by atoms with Gasteiger partial charge in [0.05, 0.1) is 47.5 Å². The zero-order valence-electron chi connectivity index (χ0n) is 58.0. The Hall–Kier alpha value is -8.59. The van der Waals surface area contributed by atoms with Gasteiger partial charge in [-0.3, -0.25) is 20.1 Å². The van der Waals surface area contributed by atoms with Gasteiger partial charge in [0, 0.05) is 117 Å². The fourth-order valence-corrected chi connectivity index (χ4v) is 21.7. The summed E-state index contributed by atoms with van der Waals surface area (Å²) in [6, 6.07) is 21.9. The molecule has 5 aliphatic carbocycles. The minimum absolute atomic E-state index is 0.00481. The monoisotopic (exact) mass is 1360 g/mol. The number of H-pyrrole nitrogens is 1. The fourth-order valence-electron chi connectivity index (χ4n) is 21.7. The highest BCUT2D eigenvalue weighted by molar-refractivity contribution is 5.83. The van der Waals surface area contributed by atoms with Crippen molar-refractivity contribution in [1.82, 2.24) is 41.1 Å². The third kappa shape index (κ3) is 11.7. The number of nitrogens with one attached hydrogen (secondary N) is 6. The molecule has 6 fully saturated rings. The first-order valence-electron chi connectivity index (χ1n) is 37.5. The quantitative estimate of drug-likeness (QED) is 0.0309. The number of aromatic hydroxyl groups is 3. The van der Waals surface area contributed by atoms with E-state index in [1.807, 2.05) is 30.5 Å². The van der Waals surface area contributed by atoms with Crippen molar-refractivity contribution in [3.63, 3.8) is 0 Å². The van der Waals surface area contributed by atoms with E-state index in [0.29, 0.717) is 80.6 Å². The molecule has 528 valence electrons. The van der Waals surface area contributed by atoms with Gasteiger partial charge in [-0.05, 0) is 175 Å². The Balaban J connectivity index is 0.862. The molecular weight excluding hydrogens is 1270 g/mol. The van der Waals surface area contributed by atoms with Gasteiger partial charge in [0.15, 0.2) is 29.0 Å². The Morgan fingerprint density at radius 1 is 0.941 bits per heavy atom. The molecule has 3 aromatic heterocycles. The van der Waals surface area contributed by atoms with Crippen LogP contribution >= 0.6 is 0 Å². The molecule has 19 heteroatoms. The van der Waals surface area contributed by atoms with Gasteiger partial charge in [-0.2, -0.15) is 0 Å². The maximum atomic E-state index is 14.1. The lowest BCUT2D eigenvalue weighted by atomic mass is 9.56. The molecule has 101 heavy (non-hydrogen) atoms. The molecule has 9 bridgehead atoms. The number of carbonyl (C=O) groups excluding carboxylic acids is 1. The highest BCUT2D eigenvalue weighted by Gasteiger charge is 2.69. The zero-order chi connectivity index (χ0) is 68.8. The lowest BCUT2D eigenvalue weighted by Crippen LogP contribution is -2.76. The first kappa shape index (κ1) is 65.7. The van der Waals surface area contributed by atoms with Gasteiger partial charge in [0.25, 0.3) is 0 Å². The standard InChI is InChI=1S/C82H96N10O9/c1-3-85-74-71-54-14-8-16-58(71)59-43-80(26-6-7-27-80)81(72(59)74,41-51-21-29-87-70(83)35-51)47-88-78-90-76(92-45-55-22-30-86-62(55)46-92)73-77(97)89-61-18-5-4-13-53(61)15-9-24-79(25-10-17-60-66(34-52(32-54)42-82(60,73)91-78)100-67-33-50(40-79)19-20-63(67)94)69-39-57(99-48(2)93)38-65(101-69)56-36-64(95)75(96)68(37-56)98-31-23-49-12-11-28-84-44-49/h8,11-12,14,16,19-22,28,30,33,35-37,44-46,52-53,57,59-61,65-66,69,72-74,76-77,85-87,89,94-97H,3-7,13,18,23-27,29,31-32,34,38-43,47,83H2,1-2H3,(H2,88,90,91). The Labute approximate surface area is 591 Å². The number of rotatable bonds is 12. The smallest absolute Gasteiger partial charge is 0.302 e. The Morgan fingerprint density at radius 2 is 1.81 bits per heavy atom. The molecule has 0 amide bonds. The van der Waals surface area contributed by atoms with Crippen molar-refractivity contribution in [2.75, 3.05) is 26.2 Å². The van der Waals surface area contributed by atoms with Crippen molar-refractivity contribution in [3.05, 3.63) is 155 Å². The van der Waals surface area contributed by atoms with E-state index < -0.39 is 65.6 Å². The second-order valence-corrected chi connectivity index (χ2v) is 31.6. The number of phenolic OH excluding ortho intramolecular Hbond substituents is 3. The van der Waals surface area contributed by atoms with Crippen molar-refractivity contribution in [2.45, 2.75) is 196 Å². The van der Waals surface area contributed by atoms with E-state index in [2.05, 4.69) is 121 Å². The van der Waals surface area contributed by atoms with Crippen LogP contribution in [0.25, 0.3) is 10.9 Å². The van der Waals surface area contributed by atoms with Crippen LogP contribution in [0.4, 0.5) is 0 Å². The molecule has 0 radical (unpaired) electrons. The van der Waals surface area contributed by atoms with E-state index in [1.165, 1.54) is 48.1 Å². The van der Waals surface area contributed by atoms with Crippen molar-refractivity contribution >= 4 is 22.8 Å². The van der Waals surface area contributed by atoms with E-state index in [4.69, 9.17) is 29.7 Å². The fraction of sp³-hybridized carbons (Fsp3) is 0.524. The number of carbonyl (C=O) groups is 1. The number of esters is 1. The van der Waals surface area contributed by atoms with Gasteiger partial charge < -0.3 is 75.9 Å². The van der Waals surface area contributed by atoms with E-state index in [1.54, 1.807) is 24.5 Å². The number of aliphatic hydroxyl groups excluding tert-OH is 1. The molecule has 11 aliphatic rings. The number of guanidine groups is 1. The van der Waals surface area contributed by atoms with E-state index in [9.17, 15) is 25.2 Å². The molecule has 6 aliphatic heterocycles. The predicted octanol–water partition coefficient (Wildman–Crippen LogP) is 10.9. The number of fused-ring (bicyclic) bond motifs is 10. The highest BCUT2D eigenvalue weighted by atomic mass is 16.6. The van der Waals surface area contributed by atoms with Crippen LogP contribution in [0.15, 0.2) is 126 Å². The largest absolute Gasteiger partial charge is 0.504 e. The normalized spacial score (nSPS) is 34.1. The van der Waals surface area contributed by atoms with Gasteiger partial charge in [-0.1, -0.05) is 80.9 Å². The second kappa shape index (κ2) is 26.3. The van der Waals surface area contributed by atoms with Crippen LogP contribution in [-0.2, 0) is 33.5 Å². The number of phenols is 3. The van der Waals surface area contributed by atoms with Crippen LogP contribution in [0.5, 0.6) is 28.7 Å². The Bertz CT molecular complexity index is 4350. The molecule has 12 N–H and O–H groups in total. The van der Waals surface area contributed by atoms with Crippen LogP contribution < -0.4 is 41.8 Å². The van der Waals surface area contributed by atoms with Crippen LogP contribution in [0.1, 0.15) is 174 Å². The number of nitrogens with two attached hydrogens (primary N) is 1. The summed E-state index contributed by atoms with van der Waals surface area (Å²) in [4.78, 5) is 27.3. The number of pyridine rings is 1. The van der Waals surface area contributed by atoms with Crippen LogP contribution in [-0.4, -0.2) is 109 Å². The van der Waals surface area contributed by atoms with Crippen LogP contribution in [0, 0.1) is 69.5 Å². The molecule has 6 aromatic rings. The highest BCUT2D eigenvalue weighted by Crippen LogP contribution is 2.75. The summed E-state index contributed by atoms with van der Waals surface area (Å²) in [5, 5.41) is 70.5. The lowest BCUT2D eigenvalue weighted by Gasteiger charge is -2.59. The zero-order valence-corrected chi connectivity index (χ0v) is 58.0. The number of dihydropyridines is 1. The minimum atomic E-state index is -1.12. The topological polar surface area (TPSA) is 267 Å². The maximum absolute atomic E-state index is 14.1. The summed E-state index contributed by atoms with van der Waals surface area (Å²) in [5.41, 5.74) is 13.3. The Morgan fingerprint density at radius 3 is 2.64 bits per heavy atom. The number of aliphatic hydroxyl groups is 1. The van der Waals surface area contributed by atoms with E-state index in [-0.39, 0.29) is 83.1 Å². The number of hydrogen-bond acceptors (Lipinski definition) is 17. The van der Waals surface area contributed by atoms with Crippen molar-refractivity contribution in [1.29, 1.82) is 0 Å². The number of ether oxygens (including phenoxy) is 4. The summed E-state index contributed by atoms with van der Waals surface area (Å²) in [7, 11) is 0. The molecule has 19 nitrogen and oxygen atoms in total. The number of benzene rings is 3. The predicted molar refractivity (Wildman–Crippen MR) is 384 cm³/mol. The van der Waals surface area contributed by atoms with Crippen LogP contribution in [0.3, 0.4) is 0 Å². The van der Waals surface area contributed by atoms with Gasteiger partial charge in [0.1, 0.15) is 24.6 Å². The third-order valence-corrected chi connectivity index (χ3v) is 25.9. The SMILES string of the molecule is CCNC1c2c3cccc2C2CC4(CCCC4)C(CC4=CCNC(N)=C4)(CN=C4NC(n5cc6cc[nH]c6c5)C5C(O)NC6CCCCC6C#CCC6(C7CC(OC(C)=O)CC(c8cc(O)c(O)c(OCCc9cccnc9)c8)O7)CC#CC7C(CC(C3)CC75N4)Oc3cc(ccc3O)C6)C21. The first-order valence-corrected chi connectivity index (χ1v) is 37.5. The number of aliphatic imine (C=N–C) groups is 1. The molecule has 4 saturated carbocycles. The van der Waals surface area contributed by atoms with Crippen LogP contribution in [0.2, 0.25) is 0 Å². The van der Waals surface area contributed by atoms with E-state index in [0.717, 1.165) is 86.4 Å². The van der Waals surface area contributed by atoms with Gasteiger partial charge in [-0.15, -0.1) is 11.8 Å². The van der Waals surface area contributed by atoms with E-state index >= 15 is 0 Å². The second-order valence-electron chi connectivity index (χ2n) is 31.6. The van der Waals surface area contributed by atoms with Gasteiger partial charge >= 0.3 is 5.97 Å².